The van der Waals surface area contributed by atoms with Crippen LogP contribution in [0.25, 0.3) is 0 Å². The van der Waals surface area contributed by atoms with E-state index in [2.05, 4.69) is 13.2 Å². The Balaban J connectivity index is 3.73. The highest BCUT2D eigenvalue weighted by Gasteiger charge is 2.00. The molecular weight excluding hydrogens is 136 g/mol. The summed E-state index contributed by atoms with van der Waals surface area (Å²) in [5.74, 6) is 0. The Morgan fingerprint density at radius 3 is 1.67 bits per heavy atom. The number of carbonyl (C=O) groups is 2. The van der Waals surface area contributed by atoms with Gasteiger partial charge in [0.2, 0.25) is 10.2 Å². The molecule has 0 aliphatic heterocycles. The average Bonchev–Trinajstić information content (AvgIpc) is 1.87. The van der Waals surface area contributed by atoms with Gasteiger partial charge in [-0.1, -0.05) is 13.2 Å². The fraction of sp³-hybridized carbons (Fsp3) is 0. The second-order valence-electron chi connectivity index (χ2n) is 1.15. The Labute approximate surface area is 57.6 Å². The highest BCUT2D eigenvalue weighted by molar-refractivity contribution is 8.26. The molecule has 0 rings (SSSR count). The molecule has 0 saturated carbocycles. The van der Waals surface area contributed by atoms with Gasteiger partial charge in [-0.05, 0) is 23.9 Å². The number of rotatable bonds is 2. The fourth-order valence-corrected chi connectivity index (χ4v) is 0.547. The second-order valence-corrected chi connectivity index (χ2v) is 2.16. The van der Waals surface area contributed by atoms with Crippen molar-refractivity contribution < 1.29 is 9.59 Å². The quantitative estimate of drug-likeness (QED) is 0.542. The molecule has 0 N–H and O–H groups in total. The van der Waals surface area contributed by atoms with E-state index in [1.807, 2.05) is 0 Å². The topological polar surface area (TPSA) is 34.1 Å². The maximum absolute atomic E-state index is 10.4. The summed E-state index contributed by atoms with van der Waals surface area (Å²) in [7, 11) is 0. The Morgan fingerprint density at radius 2 is 1.44 bits per heavy atom. The van der Waals surface area contributed by atoms with Gasteiger partial charge in [-0.25, -0.2) is 0 Å². The SMILES string of the molecule is C=CC(=O)SC(=O)C=C. The van der Waals surface area contributed by atoms with Crippen molar-refractivity contribution in [2.75, 3.05) is 0 Å². The molecule has 0 saturated heterocycles. The van der Waals surface area contributed by atoms with Gasteiger partial charge in [-0.2, -0.15) is 0 Å². The van der Waals surface area contributed by atoms with Gasteiger partial charge in [-0.3, -0.25) is 9.59 Å². The average molecular weight is 142 g/mol. The molecule has 0 aromatic carbocycles. The molecule has 48 valence electrons. The van der Waals surface area contributed by atoms with Gasteiger partial charge < -0.3 is 0 Å². The zero-order valence-corrected chi connectivity index (χ0v) is 5.61. The third-order valence-electron chi connectivity index (χ3n) is 0.535. The zero-order valence-electron chi connectivity index (χ0n) is 4.79. The molecule has 2 nitrogen and oxygen atoms in total. The highest BCUT2D eigenvalue weighted by atomic mass is 32.2. The first-order valence-corrected chi connectivity index (χ1v) is 3.03. The van der Waals surface area contributed by atoms with Crippen molar-refractivity contribution in [1.82, 2.24) is 0 Å². The van der Waals surface area contributed by atoms with E-state index in [0.717, 1.165) is 12.2 Å². The van der Waals surface area contributed by atoms with E-state index in [1.165, 1.54) is 0 Å². The molecule has 9 heavy (non-hydrogen) atoms. The van der Waals surface area contributed by atoms with Gasteiger partial charge in [0.15, 0.2) is 0 Å². The molecule has 0 bridgehead atoms. The van der Waals surface area contributed by atoms with Gasteiger partial charge in [0.05, 0.1) is 0 Å². The van der Waals surface area contributed by atoms with Gasteiger partial charge >= 0.3 is 0 Å². The Morgan fingerprint density at radius 1 is 1.11 bits per heavy atom. The van der Waals surface area contributed by atoms with Gasteiger partial charge in [-0.15, -0.1) is 0 Å². The maximum Gasteiger partial charge on any atom is 0.219 e. The van der Waals surface area contributed by atoms with Crippen LogP contribution >= 0.6 is 11.8 Å². The monoisotopic (exact) mass is 142 g/mol. The van der Waals surface area contributed by atoms with Gasteiger partial charge in [0.1, 0.15) is 0 Å². The van der Waals surface area contributed by atoms with Crippen molar-refractivity contribution in [2.45, 2.75) is 0 Å². The molecule has 0 amide bonds. The summed E-state index contributed by atoms with van der Waals surface area (Å²) in [6.07, 6.45) is 2.18. The van der Waals surface area contributed by atoms with Crippen molar-refractivity contribution in [3.05, 3.63) is 25.3 Å². The lowest BCUT2D eigenvalue weighted by atomic mass is 10.7. The van der Waals surface area contributed by atoms with Crippen LogP contribution in [0.4, 0.5) is 0 Å². The van der Waals surface area contributed by atoms with Crippen LogP contribution in [0, 0.1) is 0 Å². The van der Waals surface area contributed by atoms with E-state index >= 15 is 0 Å². The molecule has 0 aliphatic carbocycles. The smallest absolute Gasteiger partial charge is 0.219 e. The van der Waals surface area contributed by atoms with Crippen LogP contribution in [0.3, 0.4) is 0 Å². The third kappa shape index (κ3) is 3.73. The second kappa shape index (κ2) is 4.09. The number of hydrogen-bond donors (Lipinski definition) is 0. The molecule has 0 unspecified atom stereocenters. The predicted molar refractivity (Wildman–Crippen MR) is 38.0 cm³/mol. The first kappa shape index (κ1) is 8.17. The number of carbonyl (C=O) groups excluding carboxylic acids is 2. The molecule has 0 radical (unpaired) electrons. The van der Waals surface area contributed by atoms with Crippen LogP contribution in [0.2, 0.25) is 0 Å². The lowest BCUT2D eigenvalue weighted by Crippen LogP contribution is -1.90. The van der Waals surface area contributed by atoms with Crippen molar-refractivity contribution in [3.63, 3.8) is 0 Å². The minimum absolute atomic E-state index is 0.347. The van der Waals surface area contributed by atoms with E-state index in [0.29, 0.717) is 11.8 Å². The Hall–Kier alpha value is -0.830. The zero-order chi connectivity index (χ0) is 7.28. The standard InChI is InChI=1S/C6H6O2S/c1-3-5(7)9-6(8)4-2/h3-4H,1-2H2. The molecule has 0 aromatic heterocycles. The predicted octanol–water partition coefficient (Wildman–Crippen LogP) is 1.14. The fourth-order valence-electron chi connectivity index (χ4n) is 0.182. The number of thioether (sulfide) groups is 1. The minimum atomic E-state index is -0.347. The van der Waals surface area contributed by atoms with Crippen LogP contribution in [0.1, 0.15) is 0 Å². The van der Waals surface area contributed by atoms with Gasteiger partial charge in [0.25, 0.3) is 0 Å². The van der Waals surface area contributed by atoms with Crippen LogP contribution in [0.5, 0.6) is 0 Å². The summed E-state index contributed by atoms with van der Waals surface area (Å²) in [6.45, 7) is 6.38. The van der Waals surface area contributed by atoms with Gasteiger partial charge in [0, 0.05) is 0 Å². The summed E-state index contributed by atoms with van der Waals surface area (Å²) in [5.41, 5.74) is 0. The molecule has 0 aromatic rings. The van der Waals surface area contributed by atoms with Crippen molar-refractivity contribution in [2.24, 2.45) is 0 Å². The van der Waals surface area contributed by atoms with Crippen LogP contribution in [-0.2, 0) is 9.59 Å². The highest BCUT2D eigenvalue weighted by Crippen LogP contribution is 2.03. The summed E-state index contributed by atoms with van der Waals surface area (Å²) in [6, 6.07) is 0. The summed E-state index contributed by atoms with van der Waals surface area (Å²) >= 11 is 0.586. The molecular formula is C6H6O2S. The molecule has 0 fully saturated rings. The minimum Gasteiger partial charge on any atom is -0.282 e. The summed E-state index contributed by atoms with van der Waals surface area (Å²) in [5, 5.41) is -0.695. The first-order valence-electron chi connectivity index (χ1n) is 2.21. The van der Waals surface area contributed by atoms with E-state index in [4.69, 9.17) is 0 Å². The van der Waals surface area contributed by atoms with Crippen molar-refractivity contribution in [3.8, 4) is 0 Å². The molecule has 0 heterocycles. The summed E-state index contributed by atoms with van der Waals surface area (Å²) < 4.78 is 0. The maximum atomic E-state index is 10.4. The first-order chi connectivity index (χ1) is 4.20. The summed E-state index contributed by atoms with van der Waals surface area (Å²) in [4.78, 5) is 20.7. The molecule has 0 aliphatic rings. The van der Waals surface area contributed by atoms with E-state index in [-0.39, 0.29) is 10.2 Å². The third-order valence-corrected chi connectivity index (χ3v) is 1.27. The lowest BCUT2D eigenvalue weighted by Gasteiger charge is -1.84. The molecule has 3 heteroatoms. The van der Waals surface area contributed by atoms with E-state index in [9.17, 15) is 9.59 Å². The number of hydrogen-bond acceptors (Lipinski definition) is 3. The van der Waals surface area contributed by atoms with Crippen LogP contribution in [0.15, 0.2) is 25.3 Å². The lowest BCUT2D eigenvalue weighted by molar-refractivity contribution is -0.109. The largest absolute Gasteiger partial charge is 0.282 e. The molecule has 0 spiro atoms. The van der Waals surface area contributed by atoms with E-state index in [1.54, 1.807) is 0 Å². The Bertz CT molecular complexity index is 142. The normalized spacial score (nSPS) is 8.00. The van der Waals surface area contributed by atoms with Crippen molar-refractivity contribution >= 4 is 22.0 Å². The molecule has 0 atom stereocenters. The van der Waals surface area contributed by atoms with Crippen LogP contribution in [-0.4, -0.2) is 10.2 Å². The van der Waals surface area contributed by atoms with E-state index < -0.39 is 0 Å². The van der Waals surface area contributed by atoms with Crippen molar-refractivity contribution in [1.29, 1.82) is 0 Å². The van der Waals surface area contributed by atoms with Crippen LogP contribution < -0.4 is 0 Å². The Kier molecular flexibility index (Phi) is 3.71.